The van der Waals surface area contributed by atoms with Gasteiger partial charge < -0.3 is 0 Å². The lowest BCUT2D eigenvalue weighted by molar-refractivity contribution is -0.115. The molecule has 0 aliphatic carbocycles. The third-order valence-electron chi connectivity index (χ3n) is 1.78. The van der Waals surface area contributed by atoms with E-state index in [0.717, 1.165) is 5.56 Å². The third-order valence-corrected chi connectivity index (χ3v) is 1.78. The predicted octanol–water partition coefficient (Wildman–Crippen LogP) is 2.19. The molecule has 1 heteroatoms. The standard InChI is InChI=1S/C10H11O/c1-8(9(2)11)10-6-4-3-5-7-10/h3-8H,2H2,1H3/q+1. The number of rotatable bonds is 2. The van der Waals surface area contributed by atoms with Gasteiger partial charge in [0.15, 0.2) is 0 Å². The molecule has 0 bridgehead atoms. The molecule has 0 aromatic heterocycles. The summed E-state index contributed by atoms with van der Waals surface area (Å²) in [6, 6.07) is 9.66. The molecular formula is C10H11O+. The molecule has 0 aliphatic heterocycles. The van der Waals surface area contributed by atoms with E-state index in [1.165, 1.54) is 0 Å². The number of Topliss-reactive ketones (excluding diaryl/α,β-unsaturated/α-hetero) is 1. The molecule has 0 amide bonds. The normalized spacial score (nSPS) is 12.5. The predicted molar refractivity (Wildman–Crippen MR) is 45.2 cm³/mol. The van der Waals surface area contributed by atoms with Gasteiger partial charge in [0.25, 0.3) is 0 Å². The van der Waals surface area contributed by atoms with Gasteiger partial charge in [0, 0.05) is 0 Å². The van der Waals surface area contributed by atoms with Gasteiger partial charge in [-0.15, -0.1) is 0 Å². The third kappa shape index (κ3) is 1.84. The lowest BCUT2D eigenvalue weighted by atomic mass is 9.98. The molecule has 0 spiro atoms. The Morgan fingerprint density at radius 1 is 1.36 bits per heavy atom. The summed E-state index contributed by atoms with van der Waals surface area (Å²) in [6.45, 7) is 5.24. The van der Waals surface area contributed by atoms with E-state index in [1.807, 2.05) is 37.3 Å². The zero-order valence-electron chi connectivity index (χ0n) is 6.58. The first kappa shape index (κ1) is 7.86. The van der Waals surface area contributed by atoms with Gasteiger partial charge in [-0.3, -0.25) is 0 Å². The second-order valence-electron chi connectivity index (χ2n) is 2.60. The summed E-state index contributed by atoms with van der Waals surface area (Å²) in [7, 11) is 0. The van der Waals surface area contributed by atoms with Crippen molar-refractivity contribution in [2.45, 2.75) is 12.8 Å². The molecule has 0 saturated heterocycles. The maximum atomic E-state index is 10.8. The van der Waals surface area contributed by atoms with Crippen molar-refractivity contribution in [1.29, 1.82) is 0 Å². The molecule has 1 atom stereocenters. The summed E-state index contributed by atoms with van der Waals surface area (Å²) < 4.78 is 0. The van der Waals surface area contributed by atoms with Crippen LogP contribution in [0.1, 0.15) is 18.4 Å². The van der Waals surface area contributed by atoms with Crippen molar-refractivity contribution < 1.29 is 4.79 Å². The van der Waals surface area contributed by atoms with Crippen molar-refractivity contribution in [2.24, 2.45) is 0 Å². The summed E-state index contributed by atoms with van der Waals surface area (Å²) in [4.78, 5) is 10.8. The van der Waals surface area contributed by atoms with Crippen LogP contribution >= 0.6 is 0 Å². The molecule has 56 valence electrons. The zero-order chi connectivity index (χ0) is 8.27. The highest BCUT2D eigenvalue weighted by Gasteiger charge is 2.14. The first-order valence-electron chi connectivity index (χ1n) is 3.62. The molecule has 0 N–H and O–H groups in total. The van der Waals surface area contributed by atoms with Crippen LogP contribution in [0.4, 0.5) is 0 Å². The Kier molecular flexibility index (Phi) is 2.32. The van der Waals surface area contributed by atoms with Gasteiger partial charge in [0.05, 0.1) is 5.92 Å². The van der Waals surface area contributed by atoms with Crippen LogP contribution in [0.5, 0.6) is 0 Å². The Morgan fingerprint density at radius 2 is 1.91 bits per heavy atom. The molecule has 1 aromatic rings. The van der Waals surface area contributed by atoms with E-state index in [2.05, 4.69) is 6.92 Å². The van der Waals surface area contributed by atoms with Crippen LogP contribution in [0, 0.1) is 6.92 Å². The second kappa shape index (κ2) is 3.24. The Balaban J connectivity index is 2.85. The number of carbonyl (C=O) groups is 1. The first-order chi connectivity index (χ1) is 5.22. The molecule has 0 saturated carbocycles. The number of benzene rings is 1. The molecule has 1 rings (SSSR count). The quantitative estimate of drug-likeness (QED) is 0.586. The maximum absolute atomic E-state index is 10.8. The number of hydrogen-bond donors (Lipinski definition) is 0. The molecule has 1 aromatic carbocycles. The van der Waals surface area contributed by atoms with Crippen LogP contribution < -0.4 is 0 Å². The SMILES string of the molecule is [CH2+]C(=O)C(C)c1ccccc1. The van der Waals surface area contributed by atoms with E-state index in [1.54, 1.807) is 0 Å². The van der Waals surface area contributed by atoms with E-state index in [4.69, 9.17) is 0 Å². The van der Waals surface area contributed by atoms with Crippen molar-refractivity contribution in [1.82, 2.24) is 0 Å². The Bertz CT molecular complexity index is 238. The molecular weight excluding hydrogens is 136 g/mol. The fourth-order valence-corrected chi connectivity index (χ4v) is 0.928. The monoisotopic (exact) mass is 147 g/mol. The maximum Gasteiger partial charge on any atom is 0.310 e. The lowest BCUT2D eigenvalue weighted by Crippen LogP contribution is -2.03. The summed E-state index contributed by atoms with van der Waals surface area (Å²) in [5.41, 5.74) is 1.03. The minimum absolute atomic E-state index is 0.0313. The first-order valence-corrected chi connectivity index (χ1v) is 3.62. The van der Waals surface area contributed by atoms with Gasteiger partial charge >= 0.3 is 5.78 Å². The Morgan fingerprint density at radius 3 is 2.36 bits per heavy atom. The number of carbonyl (C=O) groups excluding carboxylic acids is 1. The van der Waals surface area contributed by atoms with Gasteiger partial charge in [-0.1, -0.05) is 30.3 Å². The molecule has 1 unspecified atom stereocenters. The van der Waals surface area contributed by atoms with Crippen LogP contribution in [0.15, 0.2) is 30.3 Å². The number of hydrogen-bond acceptors (Lipinski definition) is 1. The highest BCUT2D eigenvalue weighted by molar-refractivity contribution is 5.88. The summed E-state index contributed by atoms with van der Waals surface area (Å²) in [5, 5.41) is 0. The molecule has 1 nitrogen and oxygen atoms in total. The largest absolute Gasteiger partial charge is 0.310 e. The van der Waals surface area contributed by atoms with Crippen molar-refractivity contribution >= 4 is 5.78 Å². The highest BCUT2D eigenvalue weighted by Crippen LogP contribution is 2.14. The van der Waals surface area contributed by atoms with E-state index >= 15 is 0 Å². The summed E-state index contributed by atoms with van der Waals surface area (Å²) in [6.07, 6.45) is 0. The number of ketones is 1. The van der Waals surface area contributed by atoms with Crippen LogP contribution in [0.3, 0.4) is 0 Å². The van der Waals surface area contributed by atoms with Gasteiger partial charge in [-0.05, 0) is 12.5 Å². The van der Waals surface area contributed by atoms with Gasteiger partial charge in [0.2, 0.25) is 0 Å². The van der Waals surface area contributed by atoms with Crippen molar-refractivity contribution in [3.8, 4) is 0 Å². The Labute approximate surface area is 67.1 Å². The molecule has 11 heavy (non-hydrogen) atoms. The highest BCUT2D eigenvalue weighted by atomic mass is 16.1. The van der Waals surface area contributed by atoms with Crippen LogP contribution in [-0.4, -0.2) is 5.78 Å². The smallest absolute Gasteiger partial charge is 0.243 e. The zero-order valence-corrected chi connectivity index (χ0v) is 6.58. The minimum atomic E-state index is -0.0730. The van der Waals surface area contributed by atoms with Crippen LogP contribution in [-0.2, 0) is 4.79 Å². The molecule has 0 radical (unpaired) electrons. The Hall–Kier alpha value is -1.24. The fraction of sp³-hybridized carbons (Fsp3) is 0.200. The van der Waals surface area contributed by atoms with Crippen LogP contribution in [0.2, 0.25) is 0 Å². The van der Waals surface area contributed by atoms with Crippen molar-refractivity contribution in [2.75, 3.05) is 0 Å². The average Bonchev–Trinajstić information content (AvgIpc) is 2.05. The second-order valence-corrected chi connectivity index (χ2v) is 2.60. The topological polar surface area (TPSA) is 17.1 Å². The average molecular weight is 147 g/mol. The van der Waals surface area contributed by atoms with E-state index in [9.17, 15) is 4.79 Å². The van der Waals surface area contributed by atoms with E-state index < -0.39 is 0 Å². The van der Waals surface area contributed by atoms with E-state index in [-0.39, 0.29) is 11.7 Å². The van der Waals surface area contributed by atoms with Crippen molar-refractivity contribution in [3.05, 3.63) is 42.8 Å². The van der Waals surface area contributed by atoms with Gasteiger partial charge in [0.1, 0.15) is 6.92 Å². The van der Waals surface area contributed by atoms with Crippen LogP contribution in [0.25, 0.3) is 0 Å². The fourth-order valence-electron chi connectivity index (χ4n) is 0.928. The molecule has 0 fully saturated rings. The van der Waals surface area contributed by atoms with Crippen molar-refractivity contribution in [3.63, 3.8) is 0 Å². The molecule has 0 aliphatic rings. The van der Waals surface area contributed by atoms with Gasteiger partial charge in [-0.25, -0.2) is 4.79 Å². The minimum Gasteiger partial charge on any atom is -0.243 e. The van der Waals surface area contributed by atoms with Gasteiger partial charge in [-0.2, -0.15) is 0 Å². The summed E-state index contributed by atoms with van der Waals surface area (Å²) in [5.74, 6) is -0.104. The van der Waals surface area contributed by atoms with E-state index in [0.29, 0.717) is 0 Å². The molecule has 0 heterocycles. The summed E-state index contributed by atoms with van der Waals surface area (Å²) >= 11 is 0. The lowest BCUT2D eigenvalue weighted by Gasteiger charge is -2.01.